The van der Waals surface area contributed by atoms with Gasteiger partial charge < -0.3 is 5.41 Å². The van der Waals surface area contributed by atoms with Gasteiger partial charge in [0.15, 0.2) is 5.78 Å². The van der Waals surface area contributed by atoms with Gasteiger partial charge in [0.1, 0.15) is 0 Å². The molecule has 0 heterocycles. The van der Waals surface area contributed by atoms with E-state index in [4.69, 9.17) is 5.41 Å². The maximum atomic E-state index is 10.5. The number of Topliss-reactive ketones (excluding diaryl/α,β-unsaturated/α-hetero) is 1. The highest BCUT2D eigenvalue weighted by Gasteiger charge is 2.05. The number of carbonyl (C=O) groups excluding carboxylic acids is 1. The van der Waals surface area contributed by atoms with E-state index in [1.165, 1.54) is 11.8 Å². The van der Waals surface area contributed by atoms with Crippen LogP contribution >= 0.6 is 11.8 Å². The maximum Gasteiger partial charge on any atom is 0.185 e. The van der Waals surface area contributed by atoms with Crippen LogP contribution in [0.4, 0.5) is 0 Å². The van der Waals surface area contributed by atoms with Gasteiger partial charge in [-0.3, -0.25) is 4.79 Å². The van der Waals surface area contributed by atoms with Crippen LogP contribution in [-0.4, -0.2) is 23.5 Å². The molecule has 0 aliphatic rings. The Morgan fingerprint density at radius 3 is 2.50 bits per heavy atom. The predicted molar refractivity (Wildman–Crippen MR) is 36.8 cm³/mol. The number of ketones is 1. The molecule has 46 valence electrons. The zero-order chi connectivity index (χ0) is 6.57. The zero-order valence-corrected chi connectivity index (χ0v) is 5.79. The summed E-state index contributed by atoms with van der Waals surface area (Å²) in [5.74, 6) is -0.113. The van der Waals surface area contributed by atoms with Crippen molar-refractivity contribution in [2.45, 2.75) is 12.2 Å². The third-order valence-corrected chi connectivity index (χ3v) is 1.84. The summed E-state index contributed by atoms with van der Waals surface area (Å²) in [6, 6.07) is 0. The summed E-state index contributed by atoms with van der Waals surface area (Å²) in [6.07, 6.45) is 2.72. The summed E-state index contributed by atoms with van der Waals surface area (Å²) in [5, 5.41) is 6.51. The molecule has 0 bridgehead atoms. The van der Waals surface area contributed by atoms with Crippen LogP contribution in [0.3, 0.4) is 0 Å². The van der Waals surface area contributed by atoms with Gasteiger partial charge in [-0.1, -0.05) is 0 Å². The molecule has 0 spiro atoms. The minimum atomic E-state index is -0.113. The third-order valence-electron chi connectivity index (χ3n) is 0.896. The quantitative estimate of drug-likeness (QED) is 0.579. The number of thioether (sulfide) groups is 1. The van der Waals surface area contributed by atoms with E-state index >= 15 is 0 Å². The first kappa shape index (κ1) is 7.69. The number of hydrogen-bond acceptors (Lipinski definition) is 3. The molecule has 2 nitrogen and oxygen atoms in total. The molecule has 0 saturated carbocycles. The van der Waals surface area contributed by atoms with Crippen molar-refractivity contribution in [3.63, 3.8) is 0 Å². The van der Waals surface area contributed by atoms with Gasteiger partial charge in [-0.05, 0) is 13.2 Å². The van der Waals surface area contributed by atoms with Crippen molar-refractivity contribution in [2.24, 2.45) is 0 Å². The highest BCUT2D eigenvalue weighted by Crippen LogP contribution is 2.03. The fourth-order valence-electron chi connectivity index (χ4n) is 0.234. The molecule has 0 radical (unpaired) electrons. The lowest BCUT2D eigenvalue weighted by molar-refractivity contribution is -0.111. The molecule has 0 aliphatic carbocycles. The summed E-state index contributed by atoms with van der Waals surface area (Å²) in [6.45, 7) is 1.79. The van der Waals surface area contributed by atoms with Crippen LogP contribution in [0.5, 0.6) is 0 Å². The van der Waals surface area contributed by atoms with Crippen LogP contribution in [0, 0.1) is 5.41 Å². The Balaban J connectivity index is 3.62. The highest BCUT2D eigenvalue weighted by molar-refractivity contribution is 8.00. The first-order valence-corrected chi connectivity index (χ1v) is 3.58. The Morgan fingerprint density at radius 2 is 2.38 bits per heavy atom. The van der Waals surface area contributed by atoms with Crippen LogP contribution in [0.1, 0.15) is 6.92 Å². The van der Waals surface area contributed by atoms with Crippen LogP contribution < -0.4 is 0 Å². The van der Waals surface area contributed by atoms with Crippen LogP contribution in [0.2, 0.25) is 0 Å². The first-order valence-electron chi connectivity index (χ1n) is 2.29. The minimum absolute atomic E-state index is 0.0486. The maximum absolute atomic E-state index is 10.5. The van der Waals surface area contributed by atoms with Crippen molar-refractivity contribution in [3.05, 3.63) is 0 Å². The van der Waals surface area contributed by atoms with Gasteiger partial charge in [0.05, 0.1) is 11.5 Å². The molecule has 0 rings (SSSR count). The second kappa shape index (κ2) is 3.66. The molecule has 8 heavy (non-hydrogen) atoms. The van der Waals surface area contributed by atoms with Gasteiger partial charge in [0.2, 0.25) is 0 Å². The van der Waals surface area contributed by atoms with E-state index in [2.05, 4.69) is 0 Å². The summed E-state index contributed by atoms with van der Waals surface area (Å²) < 4.78 is 0. The molecule has 0 amide bonds. The SMILES string of the molecule is CSC(C)C(=O)C=N. The summed E-state index contributed by atoms with van der Waals surface area (Å²) >= 11 is 1.46. The summed E-state index contributed by atoms with van der Waals surface area (Å²) in [7, 11) is 0. The molecule has 0 aromatic heterocycles. The Labute approximate surface area is 53.2 Å². The number of carbonyl (C=O) groups is 1. The van der Waals surface area contributed by atoms with Gasteiger partial charge >= 0.3 is 0 Å². The van der Waals surface area contributed by atoms with E-state index in [-0.39, 0.29) is 11.0 Å². The van der Waals surface area contributed by atoms with Crippen LogP contribution in [-0.2, 0) is 4.79 Å². The van der Waals surface area contributed by atoms with Gasteiger partial charge in [0, 0.05) is 0 Å². The van der Waals surface area contributed by atoms with Crippen molar-refractivity contribution in [2.75, 3.05) is 6.26 Å². The number of hydrogen-bond donors (Lipinski definition) is 1. The zero-order valence-electron chi connectivity index (χ0n) is 4.97. The molecule has 0 saturated heterocycles. The van der Waals surface area contributed by atoms with E-state index < -0.39 is 0 Å². The molecule has 0 aliphatic heterocycles. The molecule has 0 aromatic rings. The molecule has 1 unspecified atom stereocenters. The number of rotatable bonds is 3. The van der Waals surface area contributed by atoms with Crippen molar-refractivity contribution in [1.29, 1.82) is 5.41 Å². The monoisotopic (exact) mass is 131 g/mol. The molecular formula is C5H9NOS. The molecule has 0 aromatic carbocycles. The second-order valence-corrected chi connectivity index (χ2v) is 2.60. The van der Waals surface area contributed by atoms with E-state index in [0.29, 0.717) is 0 Å². The van der Waals surface area contributed by atoms with E-state index in [0.717, 1.165) is 6.21 Å². The van der Waals surface area contributed by atoms with E-state index in [1.807, 2.05) is 6.26 Å². The Hall–Kier alpha value is -0.310. The van der Waals surface area contributed by atoms with Crippen LogP contribution in [0.15, 0.2) is 0 Å². The molecule has 3 heteroatoms. The smallest absolute Gasteiger partial charge is 0.185 e. The Morgan fingerprint density at radius 1 is 1.88 bits per heavy atom. The van der Waals surface area contributed by atoms with Crippen molar-refractivity contribution in [1.82, 2.24) is 0 Å². The standard InChI is InChI=1S/C5H9NOS/c1-4(8-2)5(7)3-6/h3-4,6H,1-2H3. The summed E-state index contributed by atoms with van der Waals surface area (Å²) in [4.78, 5) is 10.5. The Kier molecular flexibility index (Phi) is 3.52. The van der Waals surface area contributed by atoms with Crippen LogP contribution in [0.25, 0.3) is 0 Å². The van der Waals surface area contributed by atoms with E-state index in [9.17, 15) is 4.79 Å². The average Bonchev–Trinajstić information content (AvgIpc) is 1.84. The van der Waals surface area contributed by atoms with Gasteiger partial charge in [-0.25, -0.2) is 0 Å². The van der Waals surface area contributed by atoms with Crippen molar-refractivity contribution >= 4 is 23.8 Å². The third kappa shape index (κ3) is 2.12. The lowest BCUT2D eigenvalue weighted by atomic mass is 10.3. The average molecular weight is 131 g/mol. The Bertz CT molecular complexity index is 103. The lowest BCUT2D eigenvalue weighted by Crippen LogP contribution is -2.12. The van der Waals surface area contributed by atoms with Crippen molar-refractivity contribution in [3.8, 4) is 0 Å². The summed E-state index contributed by atoms with van der Waals surface area (Å²) in [5.41, 5.74) is 0. The van der Waals surface area contributed by atoms with Gasteiger partial charge in [-0.2, -0.15) is 11.8 Å². The molecular weight excluding hydrogens is 122 g/mol. The second-order valence-electron chi connectivity index (χ2n) is 1.42. The van der Waals surface area contributed by atoms with E-state index in [1.54, 1.807) is 6.92 Å². The van der Waals surface area contributed by atoms with Gasteiger partial charge in [0.25, 0.3) is 0 Å². The normalized spacial score (nSPS) is 12.8. The number of nitrogens with one attached hydrogen (secondary N) is 1. The molecule has 0 fully saturated rings. The lowest BCUT2D eigenvalue weighted by Gasteiger charge is -1.98. The highest BCUT2D eigenvalue weighted by atomic mass is 32.2. The van der Waals surface area contributed by atoms with Gasteiger partial charge in [-0.15, -0.1) is 0 Å². The molecule has 1 atom stereocenters. The topological polar surface area (TPSA) is 40.9 Å². The fraction of sp³-hybridized carbons (Fsp3) is 0.600. The van der Waals surface area contributed by atoms with Crippen molar-refractivity contribution < 1.29 is 4.79 Å². The fourth-order valence-corrected chi connectivity index (χ4v) is 0.534. The molecule has 1 N–H and O–H groups in total. The largest absolute Gasteiger partial charge is 0.305 e. The minimum Gasteiger partial charge on any atom is -0.305 e. The predicted octanol–water partition coefficient (Wildman–Crippen LogP) is 0.957. The first-order chi connectivity index (χ1) is 3.72.